The van der Waals surface area contributed by atoms with Gasteiger partial charge in [-0.15, -0.1) is 11.3 Å². The van der Waals surface area contributed by atoms with E-state index < -0.39 is 0 Å². The summed E-state index contributed by atoms with van der Waals surface area (Å²) in [5.74, 6) is 0. The molecule has 7 heteroatoms. The first kappa shape index (κ1) is 17.2. The van der Waals surface area contributed by atoms with Crippen LogP contribution < -0.4 is 10.6 Å². The zero-order valence-electron chi connectivity index (χ0n) is 13.8. The highest BCUT2D eigenvalue weighted by atomic mass is 32.1. The fourth-order valence-corrected chi connectivity index (χ4v) is 2.88. The lowest BCUT2D eigenvalue weighted by Gasteiger charge is -2.18. The lowest BCUT2D eigenvalue weighted by molar-refractivity contribution is 0.210. The predicted molar refractivity (Wildman–Crippen MR) is 94.0 cm³/mol. The summed E-state index contributed by atoms with van der Waals surface area (Å²) >= 11 is 1.64. The number of carbonyl (C=O) groups excluding carboxylic acids is 1. The molecule has 0 aromatic carbocycles. The number of aromatic nitrogens is 2. The molecule has 0 unspecified atom stereocenters. The minimum Gasteiger partial charge on any atom is -0.383 e. The zero-order chi connectivity index (χ0) is 16.7. The van der Waals surface area contributed by atoms with Crippen LogP contribution in [0.2, 0.25) is 0 Å². The number of nitrogens with one attached hydrogen (secondary N) is 2. The molecule has 2 aromatic rings. The minimum atomic E-state index is -0.0552. The summed E-state index contributed by atoms with van der Waals surface area (Å²) in [5.41, 5.74) is 5.04. The molecule has 0 aliphatic heterocycles. The number of urea groups is 1. The van der Waals surface area contributed by atoms with E-state index in [9.17, 15) is 4.79 Å². The van der Waals surface area contributed by atoms with E-state index in [0.29, 0.717) is 19.6 Å². The van der Waals surface area contributed by atoms with Crippen LogP contribution in [-0.2, 0) is 6.42 Å². The Morgan fingerprint density at radius 1 is 1.35 bits per heavy atom. The summed E-state index contributed by atoms with van der Waals surface area (Å²) in [6.07, 6.45) is 4.41. The smallest absolute Gasteiger partial charge is 0.317 e. The number of amides is 2. The number of hydrogen-bond donors (Lipinski definition) is 2. The average molecular weight is 333 g/mol. The first-order valence-corrected chi connectivity index (χ1v) is 8.48. The SMILES string of the molecule is Cc1cnccc1NCCNC(=O)N(C)CCc1scnc1C. The molecule has 0 saturated heterocycles. The van der Waals surface area contributed by atoms with E-state index in [1.165, 1.54) is 4.88 Å². The summed E-state index contributed by atoms with van der Waals surface area (Å²) < 4.78 is 0. The van der Waals surface area contributed by atoms with Gasteiger partial charge in [0.25, 0.3) is 0 Å². The van der Waals surface area contributed by atoms with E-state index >= 15 is 0 Å². The number of aryl methyl sites for hydroxylation is 2. The molecule has 0 aliphatic carbocycles. The molecule has 2 amide bonds. The third-order valence-corrected chi connectivity index (χ3v) is 4.60. The standard InChI is InChI=1S/C16H23N5OS/c1-12-10-17-6-4-14(12)18-7-8-19-16(22)21(3)9-5-15-13(2)20-11-23-15/h4,6,10-11H,5,7-9H2,1-3H3,(H,17,18)(H,19,22). The van der Waals surface area contributed by atoms with Crippen LogP contribution in [0.25, 0.3) is 0 Å². The molecule has 23 heavy (non-hydrogen) atoms. The summed E-state index contributed by atoms with van der Waals surface area (Å²) in [6, 6.07) is 1.88. The molecule has 0 aliphatic rings. The molecule has 124 valence electrons. The van der Waals surface area contributed by atoms with Gasteiger partial charge >= 0.3 is 6.03 Å². The highest BCUT2D eigenvalue weighted by Gasteiger charge is 2.09. The third kappa shape index (κ3) is 5.21. The molecular formula is C16H23N5OS. The Bertz CT molecular complexity index is 643. The number of pyridine rings is 1. The van der Waals surface area contributed by atoms with Gasteiger partial charge in [0.1, 0.15) is 0 Å². The summed E-state index contributed by atoms with van der Waals surface area (Å²) in [7, 11) is 1.81. The Morgan fingerprint density at radius 3 is 2.87 bits per heavy atom. The van der Waals surface area contributed by atoms with Gasteiger partial charge in [-0.25, -0.2) is 9.78 Å². The van der Waals surface area contributed by atoms with Crippen LogP contribution in [0.15, 0.2) is 24.0 Å². The molecule has 2 heterocycles. The van der Waals surface area contributed by atoms with Crippen LogP contribution in [-0.4, -0.2) is 47.6 Å². The van der Waals surface area contributed by atoms with Crippen molar-refractivity contribution in [3.63, 3.8) is 0 Å². The topological polar surface area (TPSA) is 70.2 Å². The van der Waals surface area contributed by atoms with Crippen LogP contribution >= 0.6 is 11.3 Å². The molecule has 2 N–H and O–H groups in total. The lowest BCUT2D eigenvalue weighted by atomic mass is 10.2. The van der Waals surface area contributed by atoms with Crippen molar-refractivity contribution in [3.05, 3.63) is 40.1 Å². The first-order chi connectivity index (χ1) is 11.1. The monoisotopic (exact) mass is 333 g/mol. The molecule has 0 spiro atoms. The van der Waals surface area contributed by atoms with E-state index in [2.05, 4.69) is 20.6 Å². The third-order valence-electron chi connectivity index (χ3n) is 3.60. The maximum atomic E-state index is 12.0. The minimum absolute atomic E-state index is 0.0552. The molecule has 0 bridgehead atoms. The largest absolute Gasteiger partial charge is 0.383 e. The Morgan fingerprint density at radius 2 is 2.17 bits per heavy atom. The summed E-state index contributed by atoms with van der Waals surface area (Å²) in [5, 5.41) is 6.20. The number of thiazole rings is 1. The van der Waals surface area contributed by atoms with Crippen molar-refractivity contribution in [3.8, 4) is 0 Å². The number of rotatable bonds is 7. The normalized spacial score (nSPS) is 10.4. The van der Waals surface area contributed by atoms with E-state index in [4.69, 9.17) is 0 Å². The van der Waals surface area contributed by atoms with Crippen molar-refractivity contribution in [2.75, 3.05) is 32.0 Å². The van der Waals surface area contributed by atoms with Gasteiger partial charge in [-0.05, 0) is 25.5 Å². The van der Waals surface area contributed by atoms with Gasteiger partial charge in [0, 0.05) is 56.1 Å². The van der Waals surface area contributed by atoms with Crippen molar-refractivity contribution in [2.45, 2.75) is 20.3 Å². The van der Waals surface area contributed by atoms with Gasteiger partial charge in [0.15, 0.2) is 0 Å². The Kier molecular flexibility index (Phi) is 6.34. The van der Waals surface area contributed by atoms with Gasteiger partial charge in [-0.2, -0.15) is 0 Å². The van der Waals surface area contributed by atoms with E-state index in [1.807, 2.05) is 38.7 Å². The van der Waals surface area contributed by atoms with Crippen molar-refractivity contribution >= 4 is 23.1 Å². The molecule has 0 saturated carbocycles. The van der Waals surface area contributed by atoms with Gasteiger partial charge in [-0.1, -0.05) is 0 Å². The number of likely N-dealkylation sites (N-methyl/N-ethyl adjacent to an activating group) is 1. The fraction of sp³-hybridized carbons (Fsp3) is 0.438. The maximum Gasteiger partial charge on any atom is 0.317 e. The Balaban J connectivity index is 1.66. The molecule has 2 rings (SSSR count). The number of carbonyl (C=O) groups is 1. The van der Waals surface area contributed by atoms with Crippen molar-refractivity contribution in [1.29, 1.82) is 0 Å². The first-order valence-electron chi connectivity index (χ1n) is 7.60. The maximum absolute atomic E-state index is 12.0. The fourth-order valence-electron chi connectivity index (χ4n) is 2.11. The second-order valence-corrected chi connectivity index (χ2v) is 6.32. The number of hydrogen-bond acceptors (Lipinski definition) is 5. The van der Waals surface area contributed by atoms with Gasteiger partial charge < -0.3 is 15.5 Å². The van der Waals surface area contributed by atoms with Crippen molar-refractivity contribution in [1.82, 2.24) is 20.2 Å². The van der Waals surface area contributed by atoms with Crippen LogP contribution in [0.5, 0.6) is 0 Å². The van der Waals surface area contributed by atoms with Crippen molar-refractivity contribution in [2.24, 2.45) is 0 Å². The summed E-state index contributed by atoms with van der Waals surface area (Å²) in [4.78, 5) is 23.2. The molecule has 0 atom stereocenters. The van der Waals surface area contributed by atoms with Crippen LogP contribution in [0.4, 0.5) is 10.5 Å². The molecular weight excluding hydrogens is 310 g/mol. The number of anilines is 1. The Hall–Kier alpha value is -2.15. The molecule has 2 aromatic heterocycles. The lowest BCUT2D eigenvalue weighted by Crippen LogP contribution is -2.40. The summed E-state index contributed by atoms with van der Waals surface area (Å²) in [6.45, 7) is 5.94. The predicted octanol–water partition coefficient (Wildman–Crippen LogP) is 2.45. The highest BCUT2D eigenvalue weighted by Crippen LogP contribution is 2.13. The van der Waals surface area contributed by atoms with E-state index in [1.54, 1.807) is 22.4 Å². The van der Waals surface area contributed by atoms with Crippen LogP contribution in [0.3, 0.4) is 0 Å². The molecule has 0 radical (unpaired) electrons. The van der Waals surface area contributed by atoms with Crippen LogP contribution in [0.1, 0.15) is 16.1 Å². The average Bonchev–Trinajstić information content (AvgIpc) is 2.95. The Labute approximate surface area is 141 Å². The van der Waals surface area contributed by atoms with E-state index in [0.717, 1.165) is 23.4 Å². The second kappa shape index (κ2) is 8.47. The molecule has 0 fully saturated rings. The van der Waals surface area contributed by atoms with E-state index in [-0.39, 0.29) is 6.03 Å². The van der Waals surface area contributed by atoms with Gasteiger partial charge in [0.05, 0.1) is 11.2 Å². The number of nitrogens with zero attached hydrogens (tertiary/aromatic N) is 3. The van der Waals surface area contributed by atoms with Crippen LogP contribution in [0, 0.1) is 13.8 Å². The molecule has 6 nitrogen and oxygen atoms in total. The van der Waals surface area contributed by atoms with Gasteiger partial charge in [0.2, 0.25) is 0 Å². The quantitative estimate of drug-likeness (QED) is 0.764. The van der Waals surface area contributed by atoms with Crippen molar-refractivity contribution < 1.29 is 4.79 Å². The highest BCUT2D eigenvalue weighted by molar-refractivity contribution is 7.09. The second-order valence-electron chi connectivity index (χ2n) is 5.38. The zero-order valence-corrected chi connectivity index (χ0v) is 14.6. The van der Waals surface area contributed by atoms with Gasteiger partial charge in [-0.3, -0.25) is 4.98 Å².